The van der Waals surface area contributed by atoms with Crippen LogP contribution in [0.1, 0.15) is 30.0 Å². The van der Waals surface area contributed by atoms with Crippen LogP contribution >= 0.6 is 15.9 Å². The van der Waals surface area contributed by atoms with Gasteiger partial charge in [-0.25, -0.2) is 8.78 Å². The number of benzene rings is 1. The first-order valence-corrected chi connectivity index (χ1v) is 5.95. The fraction of sp³-hybridized carbons (Fsp3) is 0.333. The van der Waals surface area contributed by atoms with E-state index < -0.39 is 12.4 Å². The van der Waals surface area contributed by atoms with E-state index in [9.17, 15) is 13.6 Å². The van der Waals surface area contributed by atoms with Gasteiger partial charge >= 0.3 is 5.97 Å². The van der Waals surface area contributed by atoms with Crippen LogP contribution in [0.15, 0.2) is 16.6 Å². The lowest BCUT2D eigenvalue weighted by Crippen LogP contribution is -2.10. The maximum absolute atomic E-state index is 12.9. The Hall–Kier alpha value is -1.48. The first kappa shape index (κ1) is 14.6. The van der Waals surface area contributed by atoms with Gasteiger partial charge < -0.3 is 4.74 Å². The Bertz CT molecular complexity index is 498. The summed E-state index contributed by atoms with van der Waals surface area (Å²) in [6, 6.07) is 4.28. The molecule has 0 atom stereocenters. The van der Waals surface area contributed by atoms with Crippen molar-refractivity contribution < 1.29 is 18.3 Å². The van der Waals surface area contributed by atoms with Crippen LogP contribution in [0.2, 0.25) is 0 Å². The van der Waals surface area contributed by atoms with Crippen LogP contribution in [0.25, 0.3) is 0 Å². The average Bonchev–Trinajstić information content (AvgIpc) is 2.31. The van der Waals surface area contributed by atoms with E-state index in [1.807, 2.05) is 0 Å². The molecular weight excluding hydrogens is 308 g/mol. The molecule has 0 saturated heterocycles. The van der Waals surface area contributed by atoms with Crippen molar-refractivity contribution in [2.24, 2.45) is 0 Å². The predicted molar refractivity (Wildman–Crippen MR) is 64.2 cm³/mol. The molecule has 0 spiro atoms. The summed E-state index contributed by atoms with van der Waals surface area (Å²) in [6.07, 6.45) is -3.00. The van der Waals surface area contributed by atoms with E-state index in [1.54, 1.807) is 13.0 Å². The lowest BCUT2D eigenvalue weighted by atomic mass is 10.0. The van der Waals surface area contributed by atoms with Gasteiger partial charge in [-0.1, -0.05) is 15.9 Å². The monoisotopic (exact) mass is 317 g/mol. The Morgan fingerprint density at radius 3 is 2.72 bits per heavy atom. The highest BCUT2D eigenvalue weighted by atomic mass is 79.9. The van der Waals surface area contributed by atoms with E-state index in [1.165, 1.54) is 6.07 Å². The summed E-state index contributed by atoms with van der Waals surface area (Å²) in [5.74, 6) is -0.579. The molecule has 18 heavy (non-hydrogen) atoms. The lowest BCUT2D eigenvalue weighted by molar-refractivity contribution is -0.142. The van der Waals surface area contributed by atoms with Crippen LogP contribution in [0.3, 0.4) is 0 Å². The quantitative estimate of drug-likeness (QED) is 0.800. The van der Waals surface area contributed by atoms with Gasteiger partial charge in [0, 0.05) is 10.0 Å². The molecule has 1 aromatic carbocycles. The minimum atomic E-state index is -2.75. The van der Waals surface area contributed by atoms with Crippen molar-refractivity contribution in [2.45, 2.75) is 19.8 Å². The Labute approximate surface area is 111 Å². The molecular formula is C12H10BrF2NO2. The zero-order chi connectivity index (χ0) is 13.7. The van der Waals surface area contributed by atoms with Gasteiger partial charge in [0.05, 0.1) is 24.7 Å². The van der Waals surface area contributed by atoms with E-state index in [2.05, 4.69) is 15.9 Å². The van der Waals surface area contributed by atoms with E-state index >= 15 is 0 Å². The minimum absolute atomic E-state index is 0.116. The van der Waals surface area contributed by atoms with E-state index in [0.29, 0.717) is 4.47 Å². The van der Waals surface area contributed by atoms with Crippen LogP contribution in [0.4, 0.5) is 8.78 Å². The Morgan fingerprint density at radius 2 is 2.22 bits per heavy atom. The largest absolute Gasteiger partial charge is 0.466 e. The van der Waals surface area contributed by atoms with Crippen LogP contribution in [0, 0.1) is 11.3 Å². The highest BCUT2D eigenvalue weighted by molar-refractivity contribution is 9.10. The topological polar surface area (TPSA) is 50.1 Å². The fourth-order valence-corrected chi connectivity index (χ4v) is 2.08. The lowest BCUT2D eigenvalue weighted by Gasteiger charge is -2.11. The third-order valence-electron chi connectivity index (χ3n) is 2.22. The summed E-state index contributed by atoms with van der Waals surface area (Å²) in [7, 11) is 0. The molecule has 0 saturated carbocycles. The van der Waals surface area contributed by atoms with Gasteiger partial charge in [-0.05, 0) is 24.6 Å². The Kier molecular flexibility index (Phi) is 5.23. The number of nitriles is 1. The van der Waals surface area contributed by atoms with E-state index in [4.69, 9.17) is 10.00 Å². The maximum atomic E-state index is 12.9. The highest BCUT2D eigenvalue weighted by Gasteiger charge is 2.19. The Balaban J connectivity index is 3.17. The molecule has 0 aliphatic heterocycles. The summed E-state index contributed by atoms with van der Waals surface area (Å²) >= 11 is 3.09. The molecule has 0 bridgehead atoms. The number of rotatable bonds is 4. The van der Waals surface area contributed by atoms with Crippen LogP contribution in [0.5, 0.6) is 0 Å². The molecule has 0 fully saturated rings. The highest BCUT2D eigenvalue weighted by Crippen LogP contribution is 2.30. The summed E-state index contributed by atoms with van der Waals surface area (Å²) in [5.41, 5.74) is -0.0544. The summed E-state index contributed by atoms with van der Waals surface area (Å²) in [5, 5.41) is 8.72. The van der Waals surface area contributed by atoms with Crippen molar-refractivity contribution >= 4 is 21.9 Å². The van der Waals surface area contributed by atoms with Gasteiger partial charge in [0.15, 0.2) is 0 Å². The number of alkyl halides is 2. The molecule has 3 nitrogen and oxygen atoms in total. The molecule has 1 aromatic rings. The van der Waals surface area contributed by atoms with Gasteiger partial charge in [-0.3, -0.25) is 4.79 Å². The second-order valence-electron chi connectivity index (χ2n) is 3.42. The molecule has 0 amide bonds. The number of esters is 1. The van der Waals surface area contributed by atoms with E-state index in [-0.39, 0.29) is 29.7 Å². The van der Waals surface area contributed by atoms with E-state index in [0.717, 1.165) is 6.07 Å². The zero-order valence-electron chi connectivity index (χ0n) is 9.54. The third-order valence-corrected chi connectivity index (χ3v) is 2.93. The number of carbonyl (C=O) groups is 1. The van der Waals surface area contributed by atoms with Crippen molar-refractivity contribution in [3.63, 3.8) is 0 Å². The van der Waals surface area contributed by atoms with Crippen LogP contribution in [-0.4, -0.2) is 12.6 Å². The molecule has 0 unspecified atom stereocenters. The van der Waals surface area contributed by atoms with Crippen molar-refractivity contribution in [2.75, 3.05) is 6.61 Å². The molecule has 0 heterocycles. The molecule has 1 rings (SSSR count). The number of nitrogens with zero attached hydrogens (tertiary/aromatic N) is 1. The second kappa shape index (κ2) is 6.45. The smallest absolute Gasteiger partial charge is 0.310 e. The number of hydrogen-bond donors (Lipinski definition) is 0. The summed E-state index contributed by atoms with van der Waals surface area (Å²) < 4.78 is 30.8. The number of carbonyl (C=O) groups excluding carboxylic acids is 1. The third kappa shape index (κ3) is 3.50. The van der Waals surface area contributed by atoms with Crippen molar-refractivity contribution in [1.29, 1.82) is 5.26 Å². The van der Waals surface area contributed by atoms with Crippen LogP contribution in [-0.2, 0) is 16.0 Å². The molecule has 6 heteroatoms. The molecule has 0 aromatic heterocycles. The maximum Gasteiger partial charge on any atom is 0.310 e. The molecule has 0 radical (unpaired) electrons. The fourth-order valence-electron chi connectivity index (χ4n) is 1.46. The normalized spacial score (nSPS) is 10.2. The molecule has 0 N–H and O–H groups in total. The van der Waals surface area contributed by atoms with Gasteiger partial charge in [0.1, 0.15) is 0 Å². The van der Waals surface area contributed by atoms with Crippen molar-refractivity contribution in [3.05, 3.63) is 33.3 Å². The summed E-state index contributed by atoms with van der Waals surface area (Å²) in [6.45, 7) is 1.83. The average molecular weight is 318 g/mol. The molecule has 0 aliphatic carbocycles. The standard InChI is InChI=1S/C12H10BrF2NO2/c1-2-18-11(17)5-8-9(12(14)15)3-7(6-16)4-10(8)13/h3-4,12H,2,5H2,1H3. The van der Waals surface area contributed by atoms with Crippen molar-refractivity contribution in [3.8, 4) is 6.07 Å². The first-order chi connectivity index (χ1) is 8.49. The number of halogens is 3. The first-order valence-electron chi connectivity index (χ1n) is 5.15. The number of ether oxygens (including phenoxy) is 1. The summed E-state index contributed by atoms with van der Waals surface area (Å²) in [4.78, 5) is 11.3. The Morgan fingerprint density at radius 1 is 1.56 bits per heavy atom. The van der Waals surface area contributed by atoms with Crippen molar-refractivity contribution in [1.82, 2.24) is 0 Å². The van der Waals surface area contributed by atoms with Gasteiger partial charge in [0.25, 0.3) is 6.43 Å². The van der Waals surface area contributed by atoms with Gasteiger partial charge in [0.2, 0.25) is 0 Å². The zero-order valence-corrected chi connectivity index (χ0v) is 11.1. The second-order valence-corrected chi connectivity index (χ2v) is 4.27. The van der Waals surface area contributed by atoms with Gasteiger partial charge in [-0.2, -0.15) is 5.26 Å². The molecule has 0 aliphatic rings. The SMILES string of the molecule is CCOC(=O)Cc1c(Br)cc(C#N)cc1C(F)F. The van der Waals surface area contributed by atoms with Crippen LogP contribution < -0.4 is 0 Å². The predicted octanol–water partition coefficient (Wildman–Crippen LogP) is 3.36. The van der Waals surface area contributed by atoms with Gasteiger partial charge in [-0.15, -0.1) is 0 Å². The number of hydrogen-bond acceptors (Lipinski definition) is 3. The molecule has 96 valence electrons. The minimum Gasteiger partial charge on any atom is -0.466 e.